The average molecular weight is 333 g/mol. The van der Waals surface area contributed by atoms with Crippen LogP contribution in [0.1, 0.15) is 44.8 Å². The molecule has 1 heterocycles. The van der Waals surface area contributed by atoms with Crippen LogP contribution in [0.5, 0.6) is 0 Å². The number of nitrogens with zero attached hydrogens (tertiary/aromatic N) is 1. The van der Waals surface area contributed by atoms with Crippen LogP contribution < -0.4 is 0 Å². The van der Waals surface area contributed by atoms with Crippen LogP contribution in [0.4, 0.5) is 0 Å². The second-order valence-corrected chi connectivity index (χ2v) is 7.18. The molecular weight excluding hydrogens is 302 g/mol. The molecule has 0 saturated carbocycles. The highest BCUT2D eigenvalue weighted by atomic mass is 16.5. The van der Waals surface area contributed by atoms with E-state index in [0.29, 0.717) is 12.5 Å². The molecule has 1 fully saturated rings. The standard InChI is InChI=1S/C20H31NO3/c1-14(19(23)16-9-6-5-7-10-16)13-18(22)15(2)20(24-4)17-11-8-12-21(17)3/h5-7,9-10,14-15,17,19-20,23H,8,11-13H2,1-4H3/t14-,15-,17-,19+,20+/m0/s1. The molecule has 0 bridgehead atoms. The number of aliphatic hydroxyl groups excluding tert-OH is 1. The van der Waals surface area contributed by atoms with Crippen molar-refractivity contribution >= 4 is 5.78 Å². The molecule has 4 heteroatoms. The molecule has 0 radical (unpaired) electrons. The van der Waals surface area contributed by atoms with Crippen molar-refractivity contribution in [3.63, 3.8) is 0 Å². The Bertz CT molecular complexity index is 519. The normalized spacial score (nSPS) is 23.6. The second kappa shape index (κ2) is 8.75. The van der Waals surface area contributed by atoms with Gasteiger partial charge in [-0.05, 0) is 37.9 Å². The number of ketones is 1. The van der Waals surface area contributed by atoms with Crippen LogP contribution in [-0.2, 0) is 9.53 Å². The van der Waals surface area contributed by atoms with E-state index >= 15 is 0 Å². The lowest BCUT2D eigenvalue weighted by Gasteiger charge is -2.32. The summed E-state index contributed by atoms with van der Waals surface area (Å²) in [5.74, 6) is -0.100. The Balaban J connectivity index is 1.97. The van der Waals surface area contributed by atoms with Crippen LogP contribution in [0.15, 0.2) is 30.3 Å². The number of carbonyl (C=O) groups excluding carboxylic acids is 1. The van der Waals surface area contributed by atoms with Crippen molar-refractivity contribution < 1.29 is 14.6 Å². The summed E-state index contributed by atoms with van der Waals surface area (Å²) >= 11 is 0. The molecule has 0 unspecified atom stereocenters. The SMILES string of the molecule is CO[C@H]([C@@H](C)C(=O)C[C@H](C)[C@@H](O)c1ccccc1)[C@@H]1CCCN1C. The predicted molar refractivity (Wildman–Crippen MR) is 95.8 cm³/mol. The van der Waals surface area contributed by atoms with Crippen molar-refractivity contribution in [2.24, 2.45) is 11.8 Å². The highest BCUT2D eigenvalue weighted by Crippen LogP contribution is 2.29. The molecule has 1 N–H and O–H groups in total. The maximum absolute atomic E-state index is 12.7. The number of ether oxygens (including phenoxy) is 1. The Hall–Kier alpha value is -1.23. The summed E-state index contributed by atoms with van der Waals surface area (Å²) in [4.78, 5) is 15.0. The molecule has 1 aliphatic rings. The van der Waals surface area contributed by atoms with Crippen LogP contribution >= 0.6 is 0 Å². The number of likely N-dealkylation sites (N-methyl/N-ethyl adjacent to an activating group) is 1. The fraction of sp³-hybridized carbons (Fsp3) is 0.650. The van der Waals surface area contributed by atoms with Crippen molar-refractivity contribution in [2.45, 2.75) is 51.4 Å². The molecule has 5 atom stereocenters. The van der Waals surface area contributed by atoms with Gasteiger partial charge >= 0.3 is 0 Å². The minimum Gasteiger partial charge on any atom is -0.388 e. The van der Waals surface area contributed by atoms with Gasteiger partial charge in [-0.1, -0.05) is 44.2 Å². The number of hydrogen-bond acceptors (Lipinski definition) is 4. The van der Waals surface area contributed by atoms with Gasteiger partial charge in [-0.2, -0.15) is 0 Å². The minimum atomic E-state index is -0.613. The van der Waals surface area contributed by atoms with Crippen LogP contribution in [0.2, 0.25) is 0 Å². The van der Waals surface area contributed by atoms with Gasteiger partial charge < -0.3 is 14.7 Å². The van der Waals surface area contributed by atoms with E-state index in [-0.39, 0.29) is 23.7 Å². The summed E-state index contributed by atoms with van der Waals surface area (Å²) in [5, 5.41) is 10.5. The first-order chi connectivity index (χ1) is 11.5. The van der Waals surface area contributed by atoms with Gasteiger partial charge in [0.15, 0.2) is 0 Å². The number of hydrogen-bond donors (Lipinski definition) is 1. The zero-order valence-corrected chi connectivity index (χ0v) is 15.3. The predicted octanol–water partition coefficient (Wildman–Crippen LogP) is 3.06. The lowest BCUT2D eigenvalue weighted by Crippen LogP contribution is -2.44. The second-order valence-electron chi connectivity index (χ2n) is 7.18. The number of likely N-dealkylation sites (tertiary alicyclic amines) is 1. The number of benzene rings is 1. The third kappa shape index (κ3) is 4.44. The summed E-state index contributed by atoms with van der Waals surface area (Å²) in [6.07, 6.45) is 1.91. The zero-order valence-electron chi connectivity index (χ0n) is 15.3. The average Bonchev–Trinajstić information content (AvgIpc) is 3.01. The van der Waals surface area contributed by atoms with Crippen molar-refractivity contribution in [1.29, 1.82) is 0 Å². The first kappa shape index (κ1) is 19.1. The topological polar surface area (TPSA) is 49.8 Å². The maximum Gasteiger partial charge on any atom is 0.138 e. The van der Waals surface area contributed by atoms with E-state index in [1.807, 2.05) is 44.2 Å². The highest BCUT2D eigenvalue weighted by molar-refractivity contribution is 5.81. The molecule has 0 aromatic heterocycles. The highest BCUT2D eigenvalue weighted by Gasteiger charge is 2.36. The molecule has 1 aliphatic heterocycles. The third-order valence-corrected chi connectivity index (χ3v) is 5.43. The van der Waals surface area contributed by atoms with E-state index in [0.717, 1.165) is 24.9 Å². The molecular formula is C20H31NO3. The monoisotopic (exact) mass is 333 g/mol. The molecule has 4 nitrogen and oxygen atoms in total. The van der Waals surface area contributed by atoms with Gasteiger partial charge in [-0.25, -0.2) is 0 Å². The summed E-state index contributed by atoms with van der Waals surface area (Å²) in [7, 11) is 3.80. The van der Waals surface area contributed by atoms with Crippen LogP contribution in [0, 0.1) is 11.8 Å². The molecule has 1 saturated heterocycles. The van der Waals surface area contributed by atoms with E-state index in [1.165, 1.54) is 0 Å². The third-order valence-electron chi connectivity index (χ3n) is 5.43. The summed E-state index contributed by atoms with van der Waals surface area (Å²) < 4.78 is 5.69. The van der Waals surface area contributed by atoms with Gasteiger partial charge in [0.25, 0.3) is 0 Å². The van der Waals surface area contributed by atoms with Crippen molar-refractivity contribution in [3.05, 3.63) is 35.9 Å². The molecule has 0 aliphatic carbocycles. The molecule has 1 aromatic rings. The first-order valence-corrected chi connectivity index (χ1v) is 8.94. The molecule has 2 rings (SSSR count). The molecule has 1 aromatic carbocycles. The van der Waals surface area contributed by atoms with Crippen molar-refractivity contribution in [2.75, 3.05) is 20.7 Å². The Labute approximate surface area is 145 Å². The Morgan fingerprint density at radius 3 is 2.54 bits per heavy atom. The fourth-order valence-electron chi connectivity index (χ4n) is 3.82. The zero-order chi connectivity index (χ0) is 17.7. The summed E-state index contributed by atoms with van der Waals surface area (Å²) in [5.41, 5.74) is 0.865. The van der Waals surface area contributed by atoms with Gasteiger partial charge in [-0.3, -0.25) is 4.79 Å². The molecule has 0 spiro atoms. The van der Waals surface area contributed by atoms with E-state index in [2.05, 4.69) is 11.9 Å². The number of aliphatic hydroxyl groups is 1. The number of methoxy groups -OCH3 is 1. The van der Waals surface area contributed by atoms with Gasteiger partial charge in [0, 0.05) is 25.5 Å². The molecule has 0 amide bonds. The minimum absolute atomic E-state index is 0.0777. The largest absolute Gasteiger partial charge is 0.388 e. The van der Waals surface area contributed by atoms with Gasteiger partial charge in [0.2, 0.25) is 0 Å². The molecule has 134 valence electrons. The van der Waals surface area contributed by atoms with E-state index < -0.39 is 6.10 Å². The Morgan fingerprint density at radius 1 is 1.33 bits per heavy atom. The van der Waals surface area contributed by atoms with E-state index in [4.69, 9.17) is 4.74 Å². The van der Waals surface area contributed by atoms with Crippen molar-refractivity contribution in [1.82, 2.24) is 4.90 Å². The Kier molecular flexibility index (Phi) is 6.96. The van der Waals surface area contributed by atoms with Gasteiger partial charge in [0.1, 0.15) is 5.78 Å². The van der Waals surface area contributed by atoms with Crippen LogP contribution in [0.3, 0.4) is 0 Å². The lowest BCUT2D eigenvalue weighted by molar-refractivity contribution is -0.130. The number of rotatable bonds is 8. The van der Waals surface area contributed by atoms with Crippen LogP contribution in [-0.4, -0.2) is 48.6 Å². The summed E-state index contributed by atoms with van der Waals surface area (Å²) in [6.45, 7) is 4.96. The van der Waals surface area contributed by atoms with Gasteiger partial charge in [0.05, 0.1) is 12.2 Å². The Morgan fingerprint density at radius 2 is 2.00 bits per heavy atom. The van der Waals surface area contributed by atoms with Crippen LogP contribution in [0.25, 0.3) is 0 Å². The smallest absolute Gasteiger partial charge is 0.138 e. The van der Waals surface area contributed by atoms with Crippen molar-refractivity contribution in [3.8, 4) is 0 Å². The summed E-state index contributed by atoms with van der Waals surface area (Å²) in [6, 6.07) is 9.86. The maximum atomic E-state index is 12.7. The number of carbonyl (C=O) groups is 1. The lowest BCUT2D eigenvalue weighted by atomic mass is 9.85. The molecule has 24 heavy (non-hydrogen) atoms. The quantitative estimate of drug-likeness (QED) is 0.794. The first-order valence-electron chi connectivity index (χ1n) is 8.94. The van der Waals surface area contributed by atoms with E-state index in [9.17, 15) is 9.90 Å². The van der Waals surface area contributed by atoms with Gasteiger partial charge in [-0.15, -0.1) is 0 Å². The number of Topliss-reactive ketones (excluding diaryl/α,β-unsaturated/α-hetero) is 1. The van der Waals surface area contributed by atoms with E-state index in [1.54, 1.807) is 7.11 Å². The fourth-order valence-corrected chi connectivity index (χ4v) is 3.82.